The summed E-state index contributed by atoms with van der Waals surface area (Å²) in [5, 5.41) is 0. The maximum absolute atomic E-state index is 2.52. The highest BCUT2D eigenvalue weighted by Crippen LogP contribution is 2.60. The number of aryl methyl sites for hydroxylation is 1. The molecule has 5 rings (SSSR count). The minimum absolute atomic E-state index is 0.583. The molecule has 0 aromatic heterocycles. The van der Waals surface area contributed by atoms with E-state index in [2.05, 4.69) is 31.2 Å². The average Bonchev–Trinajstić information content (AvgIpc) is 2.37. The molecule has 0 radical (unpaired) electrons. The predicted octanol–water partition coefficient (Wildman–Crippen LogP) is 4.72. The van der Waals surface area contributed by atoms with E-state index < -0.39 is 0 Å². The van der Waals surface area contributed by atoms with E-state index in [1.165, 1.54) is 31.2 Å². The normalized spacial score (nSPS) is 41.3. The van der Waals surface area contributed by atoms with Gasteiger partial charge < -0.3 is 0 Å². The molecule has 0 atom stereocenters. The molecular formula is C18H24. The third-order valence-electron chi connectivity index (χ3n) is 5.99. The maximum Gasteiger partial charge on any atom is -0.00390 e. The van der Waals surface area contributed by atoms with E-state index in [4.69, 9.17) is 0 Å². The first-order chi connectivity index (χ1) is 8.77. The molecule has 18 heavy (non-hydrogen) atoms. The lowest BCUT2D eigenvalue weighted by Gasteiger charge is -2.57. The number of rotatable bonds is 2. The second kappa shape index (κ2) is 3.85. The molecule has 0 aliphatic heterocycles. The Bertz CT molecular complexity index is 422. The minimum atomic E-state index is 0.583. The third kappa shape index (κ3) is 1.57. The Morgan fingerprint density at radius 1 is 1.00 bits per heavy atom. The largest absolute Gasteiger partial charge is 0.0617 e. The van der Waals surface area contributed by atoms with E-state index in [9.17, 15) is 0 Å². The van der Waals surface area contributed by atoms with E-state index in [1.54, 1.807) is 24.8 Å². The summed E-state index contributed by atoms with van der Waals surface area (Å²) >= 11 is 0. The van der Waals surface area contributed by atoms with Gasteiger partial charge in [0.25, 0.3) is 0 Å². The summed E-state index contributed by atoms with van der Waals surface area (Å²) < 4.78 is 0. The van der Waals surface area contributed by atoms with Gasteiger partial charge in [0.1, 0.15) is 0 Å². The summed E-state index contributed by atoms with van der Waals surface area (Å²) in [5.41, 5.74) is 3.80. The number of hydrogen-bond acceptors (Lipinski definition) is 0. The van der Waals surface area contributed by atoms with Crippen LogP contribution in [0.25, 0.3) is 0 Å². The Balaban J connectivity index is 1.74. The first kappa shape index (κ1) is 11.1. The van der Waals surface area contributed by atoms with E-state index in [0.29, 0.717) is 5.41 Å². The van der Waals surface area contributed by atoms with E-state index >= 15 is 0 Å². The van der Waals surface area contributed by atoms with Crippen LogP contribution in [-0.2, 0) is 11.8 Å². The second-order valence-corrected chi connectivity index (χ2v) is 7.25. The topological polar surface area (TPSA) is 0 Å². The summed E-state index contributed by atoms with van der Waals surface area (Å²) in [4.78, 5) is 0. The lowest BCUT2D eigenvalue weighted by Crippen LogP contribution is -2.48. The zero-order valence-electron chi connectivity index (χ0n) is 11.5. The lowest BCUT2D eigenvalue weighted by molar-refractivity contribution is -0.00521. The highest BCUT2D eigenvalue weighted by molar-refractivity contribution is 5.33. The maximum atomic E-state index is 2.52. The van der Waals surface area contributed by atoms with Gasteiger partial charge in [-0.2, -0.15) is 0 Å². The van der Waals surface area contributed by atoms with Crippen LogP contribution in [0.2, 0.25) is 0 Å². The molecule has 96 valence electrons. The quantitative estimate of drug-likeness (QED) is 0.702. The standard InChI is InChI=1S/C18H24/c1-2-13-4-3-5-17(9-13)18-10-14-6-15(11-18)8-16(7-14)12-18/h3-5,9,14-16H,2,6-8,10-12H2,1H3. The van der Waals surface area contributed by atoms with Crippen LogP contribution < -0.4 is 0 Å². The number of hydrogen-bond donors (Lipinski definition) is 0. The first-order valence-electron chi connectivity index (χ1n) is 7.87. The van der Waals surface area contributed by atoms with Crippen molar-refractivity contribution < 1.29 is 0 Å². The Kier molecular flexibility index (Phi) is 2.37. The molecule has 4 aliphatic rings. The molecule has 0 nitrogen and oxygen atoms in total. The van der Waals surface area contributed by atoms with Crippen LogP contribution in [0.3, 0.4) is 0 Å². The zero-order valence-corrected chi connectivity index (χ0v) is 11.5. The van der Waals surface area contributed by atoms with Crippen molar-refractivity contribution in [2.45, 2.75) is 57.3 Å². The van der Waals surface area contributed by atoms with E-state index in [0.717, 1.165) is 17.8 Å². The Morgan fingerprint density at radius 3 is 2.17 bits per heavy atom. The van der Waals surface area contributed by atoms with Gasteiger partial charge in [-0.1, -0.05) is 31.2 Å². The average molecular weight is 240 g/mol. The van der Waals surface area contributed by atoms with Crippen molar-refractivity contribution in [2.75, 3.05) is 0 Å². The third-order valence-corrected chi connectivity index (χ3v) is 5.99. The molecule has 0 heteroatoms. The van der Waals surface area contributed by atoms with Crippen molar-refractivity contribution in [3.8, 4) is 0 Å². The molecule has 0 saturated heterocycles. The van der Waals surface area contributed by atoms with Crippen LogP contribution in [0.5, 0.6) is 0 Å². The van der Waals surface area contributed by atoms with Crippen molar-refractivity contribution in [3.63, 3.8) is 0 Å². The molecule has 0 unspecified atom stereocenters. The predicted molar refractivity (Wildman–Crippen MR) is 75.7 cm³/mol. The minimum Gasteiger partial charge on any atom is -0.0617 e. The number of benzene rings is 1. The summed E-state index contributed by atoms with van der Waals surface area (Å²) in [5.74, 6) is 3.17. The van der Waals surface area contributed by atoms with Crippen LogP contribution in [0, 0.1) is 17.8 Å². The molecule has 1 aromatic rings. The Labute approximate surface area is 111 Å². The molecule has 1 aromatic carbocycles. The summed E-state index contributed by atoms with van der Waals surface area (Å²) in [6.07, 6.45) is 10.3. The van der Waals surface area contributed by atoms with Gasteiger partial charge in [0.2, 0.25) is 0 Å². The fourth-order valence-electron chi connectivity index (χ4n) is 5.59. The SMILES string of the molecule is CCc1cccc(C23CC4CC(CC(C4)C2)C3)c1. The molecule has 0 N–H and O–H groups in total. The summed E-state index contributed by atoms with van der Waals surface area (Å²) in [6.45, 7) is 2.28. The Hall–Kier alpha value is -0.780. The van der Waals surface area contributed by atoms with Crippen molar-refractivity contribution in [1.29, 1.82) is 0 Å². The fraction of sp³-hybridized carbons (Fsp3) is 0.667. The van der Waals surface area contributed by atoms with Crippen LogP contribution in [-0.4, -0.2) is 0 Å². The zero-order chi connectivity index (χ0) is 12.2. The summed E-state index contributed by atoms with van der Waals surface area (Å²) in [7, 11) is 0. The van der Waals surface area contributed by atoms with Crippen LogP contribution in [0.1, 0.15) is 56.6 Å². The van der Waals surface area contributed by atoms with Gasteiger partial charge in [-0.05, 0) is 79.2 Å². The molecule has 4 saturated carbocycles. The monoisotopic (exact) mass is 240 g/mol. The highest BCUT2D eigenvalue weighted by Gasteiger charge is 2.51. The van der Waals surface area contributed by atoms with Gasteiger partial charge in [0, 0.05) is 0 Å². The molecular weight excluding hydrogens is 216 g/mol. The summed E-state index contributed by atoms with van der Waals surface area (Å²) in [6, 6.07) is 9.54. The molecule has 0 amide bonds. The van der Waals surface area contributed by atoms with Gasteiger partial charge in [-0.3, -0.25) is 0 Å². The van der Waals surface area contributed by atoms with Gasteiger partial charge in [0.05, 0.1) is 0 Å². The van der Waals surface area contributed by atoms with Gasteiger partial charge in [-0.15, -0.1) is 0 Å². The molecule has 4 aliphatic carbocycles. The van der Waals surface area contributed by atoms with Crippen molar-refractivity contribution in [2.24, 2.45) is 17.8 Å². The second-order valence-electron chi connectivity index (χ2n) is 7.25. The van der Waals surface area contributed by atoms with Gasteiger partial charge in [0.15, 0.2) is 0 Å². The molecule has 0 spiro atoms. The molecule has 4 bridgehead atoms. The lowest BCUT2D eigenvalue weighted by atomic mass is 9.48. The Morgan fingerprint density at radius 2 is 1.61 bits per heavy atom. The first-order valence-corrected chi connectivity index (χ1v) is 7.87. The fourth-order valence-corrected chi connectivity index (χ4v) is 5.59. The van der Waals surface area contributed by atoms with Gasteiger partial charge in [-0.25, -0.2) is 0 Å². The van der Waals surface area contributed by atoms with Crippen molar-refractivity contribution in [1.82, 2.24) is 0 Å². The highest BCUT2D eigenvalue weighted by atomic mass is 14.6. The van der Waals surface area contributed by atoms with Gasteiger partial charge >= 0.3 is 0 Å². The van der Waals surface area contributed by atoms with Crippen LogP contribution >= 0.6 is 0 Å². The van der Waals surface area contributed by atoms with Crippen molar-refractivity contribution >= 4 is 0 Å². The van der Waals surface area contributed by atoms with Crippen molar-refractivity contribution in [3.05, 3.63) is 35.4 Å². The van der Waals surface area contributed by atoms with Crippen LogP contribution in [0.15, 0.2) is 24.3 Å². The van der Waals surface area contributed by atoms with Crippen LogP contribution in [0.4, 0.5) is 0 Å². The smallest absolute Gasteiger partial charge is 0.00390 e. The molecule has 4 fully saturated rings. The van der Waals surface area contributed by atoms with E-state index in [-0.39, 0.29) is 0 Å². The molecule has 0 heterocycles. The van der Waals surface area contributed by atoms with E-state index in [1.807, 2.05) is 0 Å².